The molecule has 32 heavy (non-hydrogen) atoms. The fourth-order valence-corrected chi connectivity index (χ4v) is 5.33. The summed E-state index contributed by atoms with van der Waals surface area (Å²) >= 11 is 0. The van der Waals surface area contributed by atoms with Crippen LogP contribution in [-0.2, 0) is 14.8 Å². The molecular weight excluding hydrogens is 428 g/mol. The molecule has 3 heterocycles. The van der Waals surface area contributed by atoms with Crippen molar-refractivity contribution in [3.63, 3.8) is 0 Å². The van der Waals surface area contributed by atoms with Crippen LogP contribution in [0.4, 0.5) is 0 Å². The second kappa shape index (κ2) is 8.34. The van der Waals surface area contributed by atoms with Gasteiger partial charge < -0.3 is 9.47 Å². The van der Waals surface area contributed by atoms with E-state index < -0.39 is 10.0 Å². The molecule has 2 aromatic carbocycles. The van der Waals surface area contributed by atoms with E-state index in [0.717, 1.165) is 27.8 Å². The highest BCUT2D eigenvalue weighted by Crippen LogP contribution is 2.34. The first-order chi connectivity index (χ1) is 15.6. The Balaban J connectivity index is 1.57. The summed E-state index contributed by atoms with van der Waals surface area (Å²) in [5.74, 6) is 0.713. The van der Waals surface area contributed by atoms with Crippen LogP contribution in [0.5, 0.6) is 5.75 Å². The zero-order valence-corrected chi connectivity index (χ0v) is 18.3. The van der Waals surface area contributed by atoms with Gasteiger partial charge in [-0.05, 0) is 35.9 Å². The molecule has 0 aliphatic carbocycles. The van der Waals surface area contributed by atoms with Gasteiger partial charge in [0.25, 0.3) is 0 Å². The quantitative estimate of drug-likeness (QED) is 0.501. The lowest BCUT2D eigenvalue weighted by Gasteiger charge is -2.26. The van der Waals surface area contributed by atoms with E-state index in [1.54, 1.807) is 31.5 Å². The Morgan fingerprint density at radius 2 is 1.84 bits per heavy atom. The van der Waals surface area contributed by atoms with E-state index >= 15 is 0 Å². The lowest BCUT2D eigenvalue weighted by atomic mass is 10.0. The highest BCUT2D eigenvalue weighted by atomic mass is 32.2. The molecule has 1 fully saturated rings. The van der Waals surface area contributed by atoms with Crippen molar-refractivity contribution in [2.75, 3.05) is 33.4 Å². The van der Waals surface area contributed by atoms with Gasteiger partial charge in [-0.25, -0.2) is 13.4 Å². The van der Waals surface area contributed by atoms with Crippen LogP contribution < -0.4 is 4.74 Å². The second-order valence-electron chi connectivity index (χ2n) is 7.44. The summed E-state index contributed by atoms with van der Waals surface area (Å²) < 4.78 is 38.4. The number of rotatable bonds is 5. The molecule has 164 valence electrons. The van der Waals surface area contributed by atoms with Gasteiger partial charge >= 0.3 is 0 Å². The molecule has 1 saturated heterocycles. The summed E-state index contributed by atoms with van der Waals surface area (Å²) in [6, 6.07) is 16.6. The SMILES string of the molecule is COc1ccccc1-c1n[nH]c2ncc(-c3cccc(S(=O)(=O)N4CCOCC4)c3)cc12. The number of benzene rings is 2. The number of para-hydroxylation sites is 1. The Morgan fingerprint density at radius 1 is 1.03 bits per heavy atom. The molecule has 9 heteroatoms. The minimum Gasteiger partial charge on any atom is -0.496 e. The maximum atomic E-state index is 13.1. The zero-order valence-electron chi connectivity index (χ0n) is 17.5. The van der Waals surface area contributed by atoms with E-state index in [-0.39, 0.29) is 4.90 Å². The Bertz CT molecular complexity index is 1380. The van der Waals surface area contributed by atoms with E-state index in [1.165, 1.54) is 4.31 Å². The van der Waals surface area contributed by atoms with Gasteiger partial charge in [-0.2, -0.15) is 9.40 Å². The van der Waals surface area contributed by atoms with Crippen molar-refractivity contribution in [3.8, 4) is 28.1 Å². The van der Waals surface area contributed by atoms with E-state index in [0.29, 0.717) is 37.7 Å². The lowest BCUT2D eigenvalue weighted by Crippen LogP contribution is -2.40. The van der Waals surface area contributed by atoms with Gasteiger partial charge in [0.2, 0.25) is 10.0 Å². The van der Waals surface area contributed by atoms with Crippen molar-refractivity contribution >= 4 is 21.1 Å². The smallest absolute Gasteiger partial charge is 0.243 e. The Kier molecular flexibility index (Phi) is 5.38. The third kappa shape index (κ3) is 3.64. The first-order valence-corrected chi connectivity index (χ1v) is 11.7. The Morgan fingerprint density at radius 3 is 2.66 bits per heavy atom. The summed E-state index contributed by atoms with van der Waals surface area (Å²) in [7, 11) is -1.96. The zero-order chi connectivity index (χ0) is 22.1. The van der Waals surface area contributed by atoms with Crippen molar-refractivity contribution in [2.45, 2.75) is 4.90 Å². The molecule has 1 aliphatic heterocycles. The Hall–Kier alpha value is -3.27. The number of fused-ring (bicyclic) bond motifs is 1. The van der Waals surface area contributed by atoms with Crippen LogP contribution in [0.1, 0.15) is 0 Å². The van der Waals surface area contributed by atoms with Crippen LogP contribution in [-0.4, -0.2) is 61.3 Å². The maximum absolute atomic E-state index is 13.1. The van der Waals surface area contributed by atoms with Crippen LogP contribution in [0.2, 0.25) is 0 Å². The predicted octanol–water partition coefficient (Wildman–Crippen LogP) is 3.32. The minimum atomic E-state index is -3.59. The number of aromatic amines is 1. The molecule has 5 rings (SSSR count). The van der Waals surface area contributed by atoms with Gasteiger partial charge in [0.05, 0.1) is 25.2 Å². The van der Waals surface area contributed by atoms with Gasteiger partial charge in [-0.1, -0.05) is 24.3 Å². The number of hydrogen-bond acceptors (Lipinski definition) is 6. The monoisotopic (exact) mass is 450 g/mol. The number of methoxy groups -OCH3 is 1. The number of nitrogens with zero attached hydrogens (tertiary/aromatic N) is 3. The number of aromatic nitrogens is 3. The summed E-state index contributed by atoms with van der Waals surface area (Å²) in [6.45, 7) is 1.53. The van der Waals surface area contributed by atoms with Gasteiger partial charge in [-0.15, -0.1) is 0 Å². The number of pyridine rings is 1. The fourth-order valence-electron chi connectivity index (χ4n) is 3.88. The fraction of sp³-hybridized carbons (Fsp3) is 0.217. The Labute approximate surface area is 185 Å². The molecule has 1 N–H and O–H groups in total. The average Bonchev–Trinajstić information content (AvgIpc) is 3.27. The molecule has 0 atom stereocenters. The third-order valence-corrected chi connectivity index (χ3v) is 7.45. The number of nitrogens with one attached hydrogen (secondary N) is 1. The van der Waals surface area contributed by atoms with E-state index in [2.05, 4.69) is 15.2 Å². The largest absolute Gasteiger partial charge is 0.496 e. The van der Waals surface area contributed by atoms with Crippen molar-refractivity contribution in [3.05, 3.63) is 60.8 Å². The average molecular weight is 451 g/mol. The number of ether oxygens (including phenoxy) is 2. The molecule has 0 unspecified atom stereocenters. The van der Waals surface area contributed by atoms with Crippen LogP contribution in [0.3, 0.4) is 0 Å². The van der Waals surface area contributed by atoms with Gasteiger partial charge in [0.1, 0.15) is 11.4 Å². The molecule has 0 bridgehead atoms. The van der Waals surface area contributed by atoms with Crippen LogP contribution in [0, 0.1) is 0 Å². The minimum absolute atomic E-state index is 0.258. The van der Waals surface area contributed by atoms with Gasteiger partial charge in [0, 0.05) is 35.8 Å². The van der Waals surface area contributed by atoms with Crippen molar-refractivity contribution in [1.82, 2.24) is 19.5 Å². The topological polar surface area (TPSA) is 97.4 Å². The van der Waals surface area contributed by atoms with Crippen LogP contribution >= 0.6 is 0 Å². The first-order valence-electron chi connectivity index (χ1n) is 10.2. The molecule has 4 aromatic rings. The van der Waals surface area contributed by atoms with E-state index in [4.69, 9.17) is 9.47 Å². The summed E-state index contributed by atoms with van der Waals surface area (Å²) in [5.41, 5.74) is 3.79. The molecular formula is C23H22N4O4S. The first kappa shape index (κ1) is 20.6. The highest BCUT2D eigenvalue weighted by Gasteiger charge is 2.26. The second-order valence-corrected chi connectivity index (χ2v) is 9.37. The number of H-pyrrole nitrogens is 1. The van der Waals surface area contributed by atoms with Crippen molar-refractivity contribution in [1.29, 1.82) is 0 Å². The summed E-state index contributed by atoms with van der Waals surface area (Å²) in [6.07, 6.45) is 1.72. The number of morpholine rings is 1. The van der Waals surface area contributed by atoms with Crippen molar-refractivity contribution < 1.29 is 17.9 Å². The molecule has 0 radical (unpaired) electrons. The van der Waals surface area contributed by atoms with E-state index in [1.807, 2.05) is 36.4 Å². The summed E-state index contributed by atoms with van der Waals surface area (Å²) in [5, 5.41) is 8.24. The number of hydrogen-bond donors (Lipinski definition) is 1. The molecule has 2 aromatic heterocycles. The number of sulfonamides is 1. The molecule has 1 aliphatic rings. The van der Waals surface area contributed by atoms with Crippen LogP contribution in [0.15, 0.2) is 65.7 Å². The lowest BCUT2D eigenvalue weighted by molar-refractivity contribution is 0.0730. The highest BCUT2D eigenvalue weighted by molar-refractivity contribution is 7.89. The van der Waals surface area contributed by atoms with Crippen LogP contribution in [0.25, 0.3) is 33.4 Å². The van der Waals surface area contributed by atoms with Crippen molar-refractivity contribution in [2.24, 2.45) is 0 Å². The molecule has 8 nitrogen and oxygen atoms in total. The van der Waals surface area contributed by atoms with Gasteiger partial charge in [-0.3, -0.25) is 5.10 Å². The van der Waals surface area contributed by atoms with E-state index in [9.17, 15) is 8.42 Å². The normalized spacial score (nSPS) is 15.2. The molecule has 0 saturated carbocycles. The molecule has 0 spiro atoms. The third-order valence-electron chi connectivity index (χ3n) is 5.55. The standard InChI is InChI=1S/C23H22N4O4S/c1-30-21-8-3-2-7-19(21)22-20-14-17(15-24-23(20)26-25-22)16-5-4-6-18(13-16)32(28,29)27-9-11-31-12-10-27/h2-8,13-15H,9-12H2,1H3,(H,24,25,26). The maximum Gasteiger partial charge on any atom is 0.243 e. The summed E-state index contributed by atoms with van der Waals surface area (Å²) in [4.78, 5) is 4.76. The predicted molar refractivity (Wildman–Crippen MR) is 121 cm³/mol. The van der Waals surface area contributed by atoms with Gasteiger partial charge in [0.15, 0.2) is 5.65 Å². The molecule has 0 amide bonds.